The van der Waals surface area contributed by atoms with E-state index in [2.05, 4.69) is 16.7 Å². The van der Waals surface area contributed by atoms with Gasteiger partial charge < -0.3 is 9.47 Å². The Balaban J connectivity index is 1.63. The van der Waals surface area contributed by atoms with Gasteiger partial charge in [-0.1, -0.05) is 6.42 Å². The smallest absolute Gasteiger partial charge is 0.0700 e. The molecule has 0 radical (unpaired) electrons. The van der Waals surface area contributed by atoms with Gasteiger partial charge in [0.15, 0.2) is 0 Å². The van der Waals surface area contributed by atoms with Crippen molar-refractivity contribution in [2.45, 2.75) is 44.7 Å². The number of fused-ring (bicyclic) bond motifs is 1. The summed E-state index contributed by atoms with van der Waals surface area (Å²) in [7, 11) is 1.72. The molecule has 2 aliphatic heterocycles. The van der Waals surface area contributed by atoms with Crippen LogP contribution in [0.4, 0.5) is 0 Å². The molecule has 0 bridgehead atoms. The molecule has 2 rings (SSSR count). The van der Waals surface area contributed by atoms with Crippen molar-refractivity contribution in [1.29, 1.82) is 0 Å². The van der Waals surface area contributed by atoms with Crippen LogP contribution in [0.5, 0.6) is 0 Å². The van der Waals surface area contributed by atoms with Gasteiger partial charge in [-0.2, -0.15) is 0 Å². The molecule has 4 heteroatoms. The summed E-state index contributed by atoms with van der Waals surface area (Å²) >= 11 is 0. The van der Waals surface area contributed by atoms with Crippen LogP contribution >= 0.6 is 0 Å². The van der Waals surface area contributed by atoms with Gasteiger partial charge in [-0.3, -0.25) is 9.80 Å². The number of hydrogen-bond acceptors (Lipinski definition) is 4. The number of methoxy groups -OCH3 is 1. The molecule has 2 saturated heterocycles. The molecule has 0 aromatic carbocycles. The summed E-state index contributed by atoms with van der Waals surface area (Å²) in [4.78, 5) is 5.37. The second-order valence-corrected chi connectivity index (χ2v) is 5.95. The van der Waals surface area contributed by atoms with E-state index in [4.69, 9.17) is 9.47 Å². The Labute approximate surface area is 118 Å². The molecule has 112 valence electrons. The molecule has 2 fully saturated rings. The maximum Gasteiger partial charge on any atom is 0.0700 e. The van der Waals surface area contributed by atoms with Gasteiger partial charge in [0, 0.05) is 45.4 Å². The fourth-order valence-corrected chi connectivity index (χ4v) is 3.34. The minimum absolute atomic E-state index is 0.702. The van der Waals surface area contributed by atoms with Crippen LogP contribution in [-0.4, -0.2) is 75.0 Å². The molecule has 19 heavy (non-hydrogen) atoms. The van der Waals surface area contributed by atoms with Crippen molar-refractivity contribution in [3.63, 3.8) is 0 Å². The average Bonchev–Trinajstić information content (AvgIpc) is 2.43. The Kier molecular flexibility index (Phi) is 6.57. The highest BCUT2D eigenvalue weighted by atomic mass is 16.5. The summed E-state index contributed by atoms with van der Waals surface area (Å²) in [5, 5.41) is 0. The fraction of sp³-hybridized carbons (Fsp3) is 1.00. The number of rotatable bonds is 7. The van der Waals surface area contributed by atoms with E-state index in [1.807, 2.05) is 0 Å². The predicted octanol–water partition coefficient (Wildman–Crippen LogP) is 1.60. The molecule has 2 heterocycles. The standard InChI is InChI=1S/C15H30N2O2/c1-14-12-17-7-4-3-6-15(17)13-16(14)8-5-9-19-11-10-18-2/h14-15H,3-13H2,1-2H3. The zero-order valence-corrected chi connectivity index (χ0v) is 12.6. The molecule has 0 spiro atoms. The van der Waals surface area contributed by atoms with Gasteiger partial charge in [0.1, 0.15) is 0 Å². The van der Waals surface area contributed by atoms with Crippen molar-refractivity contribution in [1.82, 2.24) is 9.80 Å². The van der Waals surface area contributed by atoms with Crippen molar-refractivity contribution in [3.05, 3.63) is 0 Å². The van der Waals surface area contributed by atoms with Crippen LogP contribution in [0.25, 0.3) is 0 Å². The van der Waals surface area contributed by atoms with E-state index in [1.165, 1.54) is 45.4 Å². The first kappa shape index (κ1) is 15.2. The summed E-state index contributed by atoms with van der Waals surface area (Å²) < 4.78 is 10.5. The lowest BCUT2D eigenvalue weighted by Crippen LogP contribution is -2.58. The van der Waals surface area contributed by atoms with Crippen molar-refractivity contribution in [2.75, 3.05) is 53.1 Å². The molecule has 0 aliphatic carbocycles. The molecule has 0 aromatic rings. The third-order valence-corrected chi connectivity index (χ3v) is 4.48. The Morgan fingerprint density at radius 3 is 2.84 bits per heavy atom. The quantitative estimate of drug-likeness (QED) is 0.656. The molecular formula is C15H30N2O2. The van der Waals surface area contributed by atoms with E-state index < -0.39 is 0 Å². The van der Waals surface area contributed by atoms with Gasteiger partial charge >= 0.3 is 0 Å². The Morgan fingerprint density at radius 2 is 2.00 bits per heavy atom. The minimum Gasteiger partial charge on any atom is -0.382 e. The van der Waals surface area contributed by atoms with Gasteiger partial charge in [-0.25, -0.2) is 0 Å². The number of piperidine rings is 1. The Morgan fingerprint density at radius 1 is 1.11 bits per heavy atom. The highest BCUT2D eigenvalue weighted by Crippen LogP contribution is 2.23. The second kappa shape index (κ2) is 8.20. The monoisotopic (exact) mass is 270 g/mol. The third kappa shape index (κ3) is 4.71. The Bertz CT molecular complexity index is 250. The van der Waals surface area contributed by atoms with E-state index in [1.54, 1.807) is 7.11 Å². The van der Waals surface area contributed by atoms with E-state index >= 15 is 0 Å². The van der Waals surface area contributed by atoms with Crippen LogP contribution in [0, 0.1) is 0 Å². The molecule has 0 amide bonds. The van der Waals surface area contributed by atoms with Crippen molar-refractivity contribution in [2.24, 2.45) is 0 Å². The molecule has 2 unspecified atom stereocenters. The van der Waals surface area contributed by atoms with Crippen molar-refractivity contribution >= 4 is 0 Å². The first-order valence-electron chi connectivity index (χ1n) is 7.86. The lowest BCUT2D eigenvalue weighted by atomic mass is 9.97. The van der Waals surface area contributed by atoms with Crippen LogP contribution in [0.1, 0.15) is 32.6 Å². The van der Waals surface area contributed by atoms with E-state index in [-0.39, 0.29) is 0 Å². The zero-order valence-electron chi connectivity index (χ0n) is 12.6. The van der Waals surface area contributed by atoms with Crippen molar-refractivity contribution in [3.8, 4) is 0 Å². The van der Waals surface area contributed by atoms with Crippen LogP contribution in [-0.2, 0) is 9.47 Å². The van der Waals surface area contributed by atoms with Gasteiger partial charge in [-0.15, -0.1) is 0 Å². The van der Waals surface area contributed by atoms with Crippen LogP contribution < -0.4 is 0 Å². The maximum absolute atomic E-state index is 5.54. The van der Waals surface area contributed by atoms with Crippen LogP contribution in [0.2, 0.25) is 0 Å². The lowest BCUT2D eigenvalue weighted by Gasteiger charge is -2.47. The molecule has 0 aromatic heterocycles. The average molecular weight is 270 g/mol. The highest BCUT2D eigenvalue weighted by molar-refractivity contribution is 4.88. The maximum atomic E-state index is 5.54. The number of nitrogens with zero attached hydrogens (tertiary/aromatic N) is 2. The zero-order chi connectivity index (χ0) is 13.5. The van der Waals surface area contributed by atoms with Crippen molar-refractivity contribution < 1.29 is 9.47 Å². The van der Waals surface area contributed by atoms with E-state index in [0.29, 0.717) is 12.6 Å². The number of hydrogen-bond donors (Lipinski definition) is 0. The Hall–Kier alpha value is -0.160. The van der Waals surface area contributed by atoms with Gasteiger partial charge in [0.2, 0.25) is 0 Å². The molecule has 2 aliphatic rings. The number of piperazine rings is 1. The van der Waals surface area contributed by atoms with Gasteiger partial charge in [0.25, 0.3) is 0 Å². The normalized spacial score (nSPS) is 29.4. The summed E-state index contributed by atoms with van der Waals surface area (Å²) in [6.45, 7) is 9.69. The first-order chi connectivity index (χ1) is 9.31. The first-order valence-corrected chi connectivity index (χ1v) is 7.86. The SMILES string of the molecule is COCCOCCCN1CC2CCCCN2CC1C. The topological polar surface area (TPSA) is 24.9 Å². The molecule has 4 nitrogen and oxygen atoms in total. The molecule has 0 N–H and O–H groups in total. The second-order valence-electron chi connectivity index (χ2n) is 5.95. The van der Waals surface area contributed by atoms with Crippen LogP contribution in [0.3, 0.4) is 0 Å². The molecule has 0 saturated carbocycles. The summed E-state index contributed by atoms with van der Waals surface area (Å²) in [6.07, 6.45) is 5.36. The van der Waals surface area contributed by atoms with Gasteiger partial charge in [0.05, 0.1) is 13.2 Å². The van der Waals surface area contributed by atoms with E-state index in [9.17, 15) is 0 Å². The highest BCUT2D eigenvalue weighted by Gasteiger charge is 2.32. The van der Waals surface area contributed by atoms with E-state index in [0.717, 1.165) is 25.7 Å². The summed E-state index contributed by atoms with van der Waals surface area (Å²) in [6, 6.07) is 1.52. The van der Waals surface area contributed by atoms with Gasteiger partial charge in [-0.05, 0) is 32.7 Å². The minimum atomic E-state index is 0.702. The molecule has 2 atom stereocenters. The largest absolute Gasteiger partial charge is 0.382 e. The third-order valence-electron chi connectivity index (χ3n) is 4.48. The molecular weight excluding hydrogens is 240 g/mol. The summed E-state index contributed by atoms with van der Waals surface area (Å²) in [5.74, 6) is 0. The van der Waals surface area contributed by atoms with Crippen LogP contribution in [0.15, 0.2) is 0 Å². The summed E-state index contributed by atoms with van der Waals surface area (Å²) in [5.41, 5.74) is 0. The lowest BCUT2D eigenvalue weighted by molar-refractivity contribution is 0.00796. The predicted molar refractivity (Wildman–Crippen MR) is 77.6 cm³/mol. The number of ether oxygens (including phenoxy) is 2. The fourth-order valence-electron chi connectivity index (χ4n) is 3.34.